The lowest BCUT2D eigenvalue weighted by Gasteiger charge is -2.15. The Hall–Kier alpha value is -3.19. The molecule has 0 radical (unpaired) electrons. The van der Waals surface area contributed by atoms with Gasteiger partial charge >= 0.3 is 5.97 Å². The number of aliphatic imine (C=N–C) groups is 1. The van der Waals surface area contributed by atoms with Gasteiger partial charge in [0.05, 0.1) is 18.0 Å². The summed E-state index contributed by atoms with van der Waals surface area (Å²) in [6, 6.07) is 13.1. The van der Waals surface area contributed by atoms with Crippen molar-refractivity contribution in [3.8, 4) is 11.4 Å². The summed E-state index contributed by atoms with van der Waals surface area (Å²) in [6.45, 7) is 4.17. The van der Waals surface area contributed by atoms with Crippen molar-refractivity contribution >= 4 is 23.3 Å². The van der Waals surface area contributed by atoms with Crippen LogP contribution in [0.25, 0.3) is 5.69 Å². The van der Waals surface area contributed by atoms with E-state index in [-0.39, 0.29) is 6.61 Å². The first-order chi connectivity index (χ1) is 14.1. The first kappa shape index (κ1) is 19.1. The van der Waals surface area contributed by atoms with Crippen molar-refractivity contribution in [2.75, 3.05) is 13.2 Å². The first-order valence-corrected chi connectivity index (χ1v) is 9.59. The van der Waals surface area contributed by atoms with Gasteiger partial charge in [0.15, 0.2) is 12.4 Å². The zero-order chi connectivity index (χ0) is 20.4. The second-order valence-corrected chi connectivity index (χ2v) is 6.82. The minimum absolute atomic E-state index is 0.165. The van der Waals surface area contributed by atoms with Gasteiger partial charge in [-0.05, 0) is 38.1 Å². The van der Waals surface area contributed by atoms with Crippen molar-refractivity contribution < 1.29 is 14.3 Å². The zero-order valence-electron chi connectivity index (χ0n) is 16.1. The van der Waals surface area contributed by atoms with Gasteiger partial charge in [0, 0.05) is 16.1 Å². The van der Waals surface area contributed by atoms with Gasteiger partial charge < -0.3 is 9.47 Å². The number of carbonyl (C=O) groups excluding carboxylic acids is 1. The highest BCUT2D eigenvalue weighted by Gasteiger charge is 2.23. The lowest BCUT2D eigenvalue weighted by Crippen LogP contribution is -2.15. The number of ether oxygens (including phenoxy) is 2. The second kappa shape index (κ2) is 8.05. The summed E-state index contributed by atoms with van der Waals surface area (Å²) in [4.78, 5) is 16.4. The molecule has 2 heterocycles. The van der Waals surface area contributed by atoms with Crippen molar-refractivity contribution in [1.29, 1.82) is 0 Å². The molecule has 0 saturated heterocycles. The third-order valence-electron chi connectivity index (χ3n) is 4.53. The van der Waals surface area contributed by atoms with Crippen molar-refractivity contribution in [2.24, 2.45) is 4.99 Å². The number of aryl methyl sites for hydroxylation is 1. The molecule has 1 aliphatic rings. The van der Waals surface area contributed by atoms with Crippen LogP contribution in [0.15, 0.2) is 47.5 Å². The molecule has 0 saturated carbocycles. The maximum atomic E-state index is 11.7. The van der Waals surface area contributed by atoms with E-state index >= 15 is 0 Å². The zero-order valence-corrected chi connectivity index (χ0v) is 16.8. The molecule has 0 unspecified atom stereocenters. The molecule has 0 spiro atoms. The lowest BCUT2D eigenvalue weighted by atomic mass is 10.00. The highest BCUT2D eigenvalue weighted by molar-refractivity contribution is 6.35. The molecule has 148 valence electrons. The third kappa shape index (κ3) is 3.73. The molecule has 1 aliphatic heterocycles. The number of nitrogens with zero attached hydrogens (tertiary/aromatic N) is 4. The summed E-state index contributed by atoms with van der Waals surface area (Å²) < 4.78 is 12.5. The molecule has 8 heteroatoms. The van der Waals surface area contributed by atoms with E-state index < -0.39 is 5.97 Å². The Kier molecular flexibility index (Phi) is 5.31. The molecule has 3 aromatic rings. The number of fused-ring (bicyclic) bond motifs is 3. The summed E-state index contributed by atoms with van der Waals surface area (Å²) in [5.41, 5.74) is 3.25. The van der Waals surface area contributed by atoms with Crippen LogP contribution in [-0.2, 0) is 16.1 Å². The third-order valence-corrected chi connectivity index (χ3v) is 4.86. The van der Waals surface area contributed by atoms with E-state index in [4.69, 9.17) is 26.1 Å². The molecule has 0 N–H and O–H groups in total. The fourth-order valence-corrected chi connectivity index (χ4v) is 3.50. The van der Waals surface area contributed by atoms with Crippen LogP contribution in [0.1, 0.15) is 29.7 Å². The van der Waals surface area contributed by atoms with Crippen LogP contribution in [0.2, 0.25) is 5.02 Å². The minimum atomic E-state index is -0.417. The van der Waals surface area contributed by atoms with Crippen LogP contribution < -0.4 is 4.74 Å². The molecular formula is C21H19ClN4O3. The van der Waals surface area contributed by atoms with E-state index in [0.29, 0.717) is 23.9 Å². The summed E-state index contributed by atoms with van der Waals surface area (Å²) in [5.74, 6) is 1.62. The van der Waals surface area contributed by atoms with E-state index in [1.165, 1.54) is 0 Å². The number of benzene rings is 2. The predicted molar refractivity (Wildman–Crippen MR) is 109 cm³/mol. The van der Waals surface area contributed by atoms with E-state index in [1.807, 2.05) is 47.9 Å². The van der Waals surface area contributed by atoms with Crippen molar-refractivity contribution in [3.05, 3.63) is 70.3 Å². The van der Waals surface area contributed by atoms with Gasteiger partial charge in [0.2, 0.25) is 0 Å². The van der Waals surface area contributed by atoms with Crippen LogP contribution in [0, 0.1) is 6.92 Å². The quantitative estimate of drug-likeness (QED) is 0.601. The molecular weight excluding hydrogens is 392 g/mol. The van der Waals surface area contributed by atoms with Gasteiger partial charge in [0.1, 0.15) is 18.1 Å². The fourth-order valence-electron chi connectivity index (χ4n) is 3.27. The van der Waals surface area contributed by atoms with Crippen LogP contribution in [-0.4, -0.2) is 39.7 Å². The maximum Gasteiger partial charge on any atom is 0.344 e. The SMILES string of the molecule is CCOC(=O)COc1ccc2c(c1)C(c1ccccc1Cl)=NCc1nnc(C)n1-2. The number of hydrogen-bond acceptors (Lipinski definition) is 6. The fraction of sp³-hybridized carbons (Fsp3) is 0.238. The Bertz CT molecular complexity index is 1110. The highest BCUT2D eigenvalue weighted by atomic mass is 35.5. The molecule has 1 aromatic heterocycles. The Morgan fingerprint density at radius 1 is 1.17 bits per heavy atom. The van der Waals surface area contributed by atoms with Gasteiger partial charge in [-0.25, -0.2) is 4.79 Å². The molecule has 4 rings (SSSR count). The Labute approximate surface area is 173 Å². The highest BCUT2D eigenvalue weighted by Crippen LogP contribution is 2.31. The minimum Gasteiger partial charge on any atom is -0.482 e. The molecule has 0 bridgehead atoms. The average Bonchev–Trinajstić information content (AvgIpc) is 3.00. The van der Waals surface area contributed by atoms with Crippen LogP contribution in [0.4, 0.5) is 0 Å². The number of rotatable bonds is 5. The Morgan fingerprint density at radius 2 is 2.00 bits per heavy atom. The summed E-state index contributed by atoms with van der Waals surface area (Å²) in [7, 11) is 0. The number of halogens is 1. The topological polar surface area (TPSA) is 78.6 Å². The van der Waals surface area contributed by atoms with Gasteiger partial charge in [-0.3, -0.25) is 9.56 Å². The second-order valence-electron chi connectivity index (χ2n) is 6.42. The normalized spacial score (nSPS) is 12.4. The largest absolute Gasteiger partial charge is 0.482 e. The van der Waals surface area contributed by atoms with Gasteiger partial charge in [-0.1, -0.05) is 29.8 Å². The predicted octanol–water partition coefficient (Wildman–Crippen LogP) is 3.52. The Balaban J connectivity index is 1.81. The molecule has 29 heavy (non-hydrogen) atoms. The van der Waals surface area contributed by atoms with Crippen LogP contribution >= 0.6 is 11.6 Å². The van der Waals surface area contributed by atoms with E-state index in [9.17, 15) is 4.79 Å². The number of esters is 1. The van der Waals surface area contributed by atoms with Crippen molar-refractivity contribution in [1.82, 2.24) is 14.8 Å². The number of carbonyl (C=O) groups is 1. The molecule has 2 aromatic carbocycles. The summed E-state index contributed by atoms with van der Waals surface area (Å²) in [5, 5.41) is 9.03. The van der Waals surface area contributed by atoms with Gasteiger partial charge in [-0.2, -0.15) is 0 Å². The van der Waals surface area contributed by atoms with E-state index in [2.05, 4.69) is 10.2 Å². The average molecular weight is 411 g/mol. The summed E-state index contributed by atoms with van der Waals surface area (Å²) >= 11 is 6.46. The van der Waals surface area contributed by atoms with Crippen LogP contribution in [0.5, 0.6) is 5.75 Å². The van der Waals surface area contributed by atoms with Crippen LogP contribution in [0.3, 0.4) is 0 Å². The van der Waals surface area contributed by atoms with E-state index in [1.54, 1.807) is 13.0 Å². The van der Waals surface area contributed by atoms with Gasteiger partial charge in [0.25, 0.3) is 0 Å². The van der Waals surface area contributed by atoms with E-state index in [0.717, 1.165) is 34.2 Å². The number of aromatic nitrogens is 3. The van der Waals surface area contributed by atoms with Gasteiger partial charge in [-0.15, -0.1) is 10.2 Å². The Morgan fingerprint density at radius 3 is 2.79 bits per heavy atom. The molecule has 0 fully saturated rings. The molecule has 7 nitrogen and oxygen atoms in total. The molecule has 0 amide bonds. The van der Waals surface area contributed by atoms with Crippen molar-refractivity contribution in [2.45, 2.75) is 20.4 Å². The lowest BCUT2D eigenvalue weighted by molar-refractivity contribution is -0.145. The first-order valence-electron chi connectivity index (χ1n) is 9.22. The maximum absolute atomic E-state index is 11.7. The van der Waals surface area contributed by atoms with Crippen molar-refractivity contribution in [3.63, 3.8) is 0 Å². The smallest absolute Gasteiger partial charge is 0.344 e. The molecule has 0 aliphatic carbocycles. The number of hydrogen-bond donors (Lipinski definition) is 0. The standard InChI is InChI=1S/C21H19ClN4O3/c1-3-28-20(27)12-29-14-8-9-18-16(10-14)21(15-6-4-5-7-17(15)22)23-11-19-25-24-13(2)26(18)19/h4-10H,3,11-12H2,1-2H3. The molecule has 0 atom stereocenters. The monoisotopic (exact) mass is 410 g/mol. The summed E-state index contributed by atoms with van der Waals surface area (Å²) in [6.07, 6.45) is 0.